The van der Waals surface area contributed by atoms with Gasteiger partial charge in [0.1, 0.15) is 5.82 Å². The first kappa shape index (κ1) is 11.7. The molecule has 0 aliphatic heterocycles. The van der Waals surface area contributed by atoms with Gasteiger partial charge in [0.25, 0.3) is 0 Å². The van der Waals surface area contributed by atoms with E-state index in [1.54, 1.807) is 19.4 Å². The molecule has 0 saturated carbocycles. The van der Waals surface area contributed by atoms with Crippen molar-refractivity contribution < 1.29 is 9.84 Å². The van der Waals surface area contributed by atoms with E-state index in [0.29, 0.717) is 25.4 Å². The number of anilines is 2. The van der Waals surface area contributed by atoms with Gasteiger partial charge in [0.2, 0.25) is 0 Å². The van der Waals surface area contributed by atoms with Crippen LogP contribution in [-0.4, -0.2) is 36.5 Å². The Hall–Kier alpha value is -1.33. The number of aliphatic hydroxyl groups is 1. The Morgan fingerprint density at radius 1 is 1.67 bits per heavy atom. The molecule has 84 valence electrons. The van der Waals surface area contributed by atoms with Crippen molar-refractivity contribution in [2.75, 3.05) is 31.3 Å². The third kappa shape index (κ3) is 4.62. The molecule has 5 nitrogen and oxygen atoms in total. The molecule has 1 rings (SSSR count). The predicted molar refractivity (Wildman–Crippen MR) is 59.6 cm³/mol. The lowest BCUT2D eigenvalue weighted by Gasteiger charge is -2.10. The van der Waals surface area contributed by atoms with E-state index in [1.807, 2.05) is 6.07 Å². The number of aromatic nitrogens is 1. The Labute approximate surface area is 89.3 Å². The van der Waals surface area contributed by atoms with Crippen LogP contribution in [0.3, 0.4) is 0 Å². The minimum atomic E-state index is -0.429. The van der Waals surface area contributed by atoms with Gasteiger partial charge in [-0.15, -0.1) is 0 Å². The van der Waals surface area contributed by atoms with Gasteiger partial charge in [0.05, 0.1) is 12.7 Å². The summed E-state index contributed by atoms with van der Waals surface area (Å²) in [5, 5.41) is 12.5. The van der Waals surface area contributed by atoms with Crippen LogP contribution in [0.15, 0.2) is 18.3 Å². The fraction of sp³-hybridized carbons (Fsp3) is 0.500. The Kier molecular flexibility index (Phi) is 4.86. The van der Waals surface area contributed by atoms with Gasteiger partial charge in [-0.05, 0) is 12.5 Å². The van der Waals surface area contributed by atoms with E-state index in [9.17, 15) is 5.11 Å². The van der Waals surface area contributed by atoms with E-state index in [2.05, 4.69) is 10.3 Å². The van der Waals surface area contributed by atoms with Crippen LogP contribution in [0.1, 0.15) is 6.42 Å². The first-order valence-corrected chi connectivity index (χ1v) is 4.85. The number of ether oxygens (including phenoxy) is 1. The molecule has 0 saturated heterocycles. The first-order valence-electron chi connectivity index (χ1n) is 4.85. The normalized spacial score (nSPS) is 12.4. The van der Waals surface area contributed by atoms with E-state index < -0.39 is 6.10 Å². The average molecular weight is 211 g/mol. The van der Waals surface area contributed by atoms with Crippen LogP contribution < -0.4 is 11.1 Å². The van der Waals surface area contributed by atoms with Crippen molar-refractivity contribution in [1.29, 1.82) is 0 Å². The van der Waals surface area contributed by atoms with Gasteiger partial charge in [-0.2, -0.15) is 0 Å². The Balaban J connectivity index is 2.25. The number of rotatable bonds is 6. The Morgan fingerprint density at radius 2 is 2.47 bits per heavy atom. The first-order chi connectivity index (χ1) is 7.22. The lowest BCUT2D eigenvalue weighted by molar-refractivity contribution is 0.0615. The molecule has 1 heterocycles. The van der Waals surface area contributed by atoms with Crippen molar-refractivity contribution in [3.05, 3.63) is 18.3 Å². The number of hydrogen-bond acceptors (Lipinski definition) is 5. The van der Waals surface area contributed by atoms with Crippen LogP contribution in [0.25, 0.3) is 0 Å². The lowest BCUT2D eigenvalue weighted by atomic mass is 10.2. The van der Waals surface area contributed by atoms with Crippen molar-refractivity contribution in [3.63, 3.8) is 0 Å². The van der Waals surface area contributed by atoms with Crippen molar-refractivity contribution in [3.8, 4) is 0 Å². The van der Waals surface area contributed by atoms with Gasteiger partial charge in [0, 0.05) is 31.6 Å². The number of methoxy groups -OCH3 is 1. The van der Waals surface area contributed by atoms with Crippen LogP contribution in [0.2, 0.25) is 0 Å². The molecular weight excluding hydrogens is 194 g/mol. The van der Waals surface area contributed by atoms with Gasteiger partial charge in [0.15, 0.2) is 0 Å². The minimum Gasteiger partial charge on any atom is -0.391 e. The molecule has 0 amide bonds. The number of aliphatic hydroxyl groups excluding tert-OH is 1. The maximum atomic E-state index is 9.38. The zero-order valence-electron chi connectivity index (χ0n) is 8.81. The maximum Gasteiger partial charge on any atom is 0.125 e. The number of nitrogens with zero attached hydrogens (tertiary/aromatic N) is 1. The molecule has 1 atom stereocenters. The topological polar surface area (TPSA) is 80.4 Å². The van der Waals surface area contributed by atoms with Crippen LogP contribution in [0.4, 0.5) is 11.5 Å². The second kappa shape index (κ2) is 6.21. The molecule has 1 aromatic rings. The maximum absolute atomic E-state index is 9.38. The Morgan fingerprint density at radius 3 is 3.13 bits per heavy atom. The quantitative estimate of drug-likeness (QED) is 0.637. The summed E-state index contributed by atoms with van der Waals surface area (Å²) in [4.78, 5) is 3.88. The van der Waals surface area contributed by atoms with E-state index >= 15 is 0 Å². The van der Waals surface area contributed by atoms with Crippen LogP contribution in [0, 0.1) is 0 Å². The van der Waals surface area contributed by atoms with E-state index in [-0.39, 0.29) is 0 Å². The molecule has 15 heavy (non-hydrogen) atoms. The zero-order chi connectivity index (χ0) is 11.1. The van der Waals surface area contributed by atoms with Gasteiger partial charge >= 0.3 is 0 Å². The summed E-state index contributed by atoms with van der Waals surface area (Å²) in [6, 6.07) is 3.59. The smallest absolute Gasteiger partial charge is 0.125 e. The molecule has 1 aromatic heterocycles. The summed E-state index contributed by atoms with van der Waals surface area (Å²) >= 11 is 0. The molecule has 0 spiro atoms. The second-order valence-electron chi connectivity index (χ2n) is 3.29. The Bertz CT molecular complexity index is 294. The number of hydrogen-bond donors (Lipinski definition) is 3. The lowest BCUT2D eigenvalue weighted by Crippen LogP contribution is -2.18. The summed E-state index contributed by atoms with van der Waals surface area (Å²) in [5.41, 5.74) is 6.43. The molecular formula is C10H17N3O2. The van der Waals surface area contributed by atoms with E-state index in [0.717, 1.165) is 5.69 Å². The SMILES string of the molecule is COCC(O)CCNc1ccnc(N)c1. The van der Waals surface area contributed by atoms with E-state index in [1.165, 1.54) is 0 Å². The van der Waals surface area contributed by atoms with Crippen LogP contribution in [-0.2, 0) is 4.74 Å². The highest BCUT2D eigenvalue weighted by molar-refractivity contribution is 5.49. The highest BCUT2D eigenvalue weighted by atomic mass is 16.5. The second-order valence-corrected chi connectivity index (χ2v) is 3.29. The number of nitrogens with two attached hydrogens (primary N) is 1. The molecule has 0 aliphatic carbocycles. The molecule has 0 bridgehead atoms. The molecule has 5 heteroatoms. The molecule has 0 aliphatic rings. The van der Waals surface area contributed by atoms with Gasteiger partial charge in [-0.25, -0.2) is 4.98 Å². The largest absolute Gasteiger partial charge is 0.391 e. The third-order valence-corrected chi connectivity index (χ3v) is 1.95. The average Bonchev–Trinajstić information content (AvgIpc) is 2.18. The molecule has 4 N–H and O–H groups in total. The van der Waals surface area contributed by atoms with Crippen molar-refractivity contribution >= 4 is 11.5 Å². The number of nitrogen functional groups attached to an aromatic ring is 1. The fourth-order valence-corrected chi connectivity index (χ4v) is 1.22. The van der Waals surface area contributed by atoms with Crippen molar-refractivity contribution in [1.82, 2.24) is 4.98 Å². The van der Waals surface area contributed by atoms with Gasteiger partial charge < -0.3 is 20.9 Å². The molecule has 0 radical (unpaired) electrons. The number of nitrogens with one attached hydrogen (secondary N) is 1. The highest BCUT2D eigenvalue weighted by Gasteiger charge is 2.02. The molecule has 0 aromatic carbocycles. The van der Waals surface area contributed by atoms with Gasteiger partial charge in [-0.1, -0.05) is 0 Å². The van der Waals surface area contributed by atoms with Crippen LogP contribution >= 0.6 is 0 Å². The predicted octanol–water partition coefficient (Wildman–Crippen LogP) is 0.473. The van der Waals surface area contributed by atoms with E-state index in [4.69, 9.17) is 10.5 Å². The number of pyridine rings is 1. The molecule has 0 fully saturated rings. The monoisotopic (exact) mass is 211 g/mol. The summed E-state index contributed by atoms with van der Waals surface area (Å²) in [5.74, 6) is 0.484. The fourth-order valence-electron chi connectivity index (χ4n) is 1.22. The summed E-state index contributed by atoms with van der Waals surface area (Å²) < 4.78 is 4.82. The van der Waals surface area contributed by atoms with Gasteiger partial charge in [-0.3, -0.25) is 0 Å². The summed E-state index contributed by atoms with van der Waals surface area (Å²) in [6.07, 6.45) is 1.85. The summed E-state index contributed by atoms with van der Waals surface area (Å²) in [6.45, 7) is 1.04. The highest BCUT2D eigenvalue weighted by Crippen LogP contribution is 2.08. The van der Waals surface area contributed by atoms with Crippen LogP contribution in [0.5, 0.6) is 0 Å². The van der Waals surface area contributed by atoms with Crippen molar-refractivity contribution in [2.24, 2.45) is 0 Å². The third-order valence-electron chi connectivity index (χ3n) is 1.95. The summed E-state index contributed by atoms with van der Waals surface area (Å²) in [7, 11) is 1.57. The molecule has 1 unspecified atom stereocenters. The zero-order valence-corrected chi connectivity index (χ0v) is 8.81. The minimum absolute atomic E-state index is 0.361. The standard InChI is InChI=1S/C10H17N3O2/c1-15-7-9(14)3-5-12-8-2-4-13-10(11)6-8/h2,4,6,9,14H,3,5,7H2,1H3,(H3,11,12,13). The van der Waals surface area contributed by atoms with Crippen molar-refractivity contribution in [2.45, 2.75) is 12.5 Å².